The maximum Gasteiger partial charge on any atom is 0.332 e. The number of hydrogen-bond acceptors (Lipinski definition) is 4. The molecule has 4 nitrogen and oxygen atoms in total. The highest BCUT2D eigenvalue weighted by Crippen LogP contribution is 2.44. The van der Waals surface area contributed by atoms with Crippen molar-refractivity contribution in [3.05, 3.63) is 23.3 Å². The molecule has 0 radical (unpaired) electrons. The predicted molar refractivity (Wildman–Crippen MR) is 62.2 cm³/mol. The summed E-state index contributed by atoms with van der Waals surface area (Å²) in [5.41, 5.74) is 6.64. The van der Waals surface area contributed by atoms with Gasteiger partial charge in [0.25, 0.3) is 0 Å². The quantitative estimate of drug-likeness (QED) is 0.737. The van der Waals surface area contributed by atoms with Crippen LogP contribution in [0.3, 0.4) is 0 Å². The molecule has 86 valence electrons. The maximum atomic E-state index is 11.6. The molecule has 2 rings (SSSR count). The van der Waals surface area contributed by atoms with Gasteiger partial charge in [-0.2, -0.15) is 11.8 Å². The summed E-state index contributed by atoms with van der Waals surface area (Å²) in [6, 6.07) is -0.489. The van der Waals surface area contributed by atoms with Gasteiger partial charge in [0.05, 0.1) is 17.5 Å². The van der Waals surface area contributed by atoms with Crippen molar-refractivity contribution in [2.45, 2.75) is 18.2 Å². The predicted octanol–water partition coefficient (Wildman–Crippen LogP) is 0.585. The Hall–Kier alpha value is -1.07. The number of rotatable bonds is 2. The first-order valence-corrected chi connectivity index (χ1v) is 6.12. The molecule has 0 spiro atoms. The van der Waals surface area contributed by atoms with Crippen LogP contribution >= 0.6 is 11.8 Å². The van der Waals surface area contributed by atoms with Gasteiger partial charge in [-0.3, -0.25) is 4.79 Å². The van der Waals surface area contributed by atoms with Crippen molar-refractivity contribution < 1.29 is 14.7 Å². The van der Waals surface area contributed by atoms with Crippen LogP contribution in [-0.4, -0.2) is 33.9 Å². The molecule has 0 amide bonds. The van der Waals surface area contributed by atoms with Gasteiger partial charge in [-0.25, -0.2) is 4.79 Å². The van der Waals surface area contributed by atoms with Crippen LogP contribution < -0.4 is 5.73 Å². The van der Waals surface area contributed by atoms with Gasteiger partial charge in [-0.15, -0.1) is 0 Å². The number of Topliss-reactive ketones (excluding diaryl/α,β-unsaturated/α-hetero) is 1. The Bertz CT molecular complexity index is 413. The number of thioether (sulfide) groups is 1. The molecule has 3 unspecified atom stereocenters. The van der Waals surface area contributed by atoms with E-state index in [-0.39, 0.29) is 16.6 Å². The highest BCUT2D eigenvalue weighted by molar-refractivity contribution is 8.00. The van der Waals surface area contributed by atoms with Gasteiger partial charge in [0.2, 0.25) is 0 Å². The number of aliphatic carboxylic acids is 1. The molecule has 16 heavy (non-hydrogen) atoms. The van der Waals surface area contributed by atoms with Gasteiger partial charge < -0.3 is 10.8 Å². The second-order valence-corrected chi connectivity index (χ2v) is 5.09. The molecule has 0 aromatic rings. The molecule has 0 saturated heterocycles. The van der Waals surface area contributed by atoms with Crippen LogP contribution in [0.1, 0.15) is 6.92 Å². The van der Waals surface area contributed by atoms with E-state index in [4.69, 9.17) is 10.8 Å². The van der Waals surface area contributed by atoms with Crippen molar-refractivity contribution in [3.8, 4) is 0 Å². The lowest BCUT2D eigenvalue weighted by Gasteiger charge is -2.44. The monoisotopic (exact) mass is 239 g/mol. The van der Waals surface area contributed by atoms with Crippen LogP contribution in [-0.2, 0) is 9.59 Å². The fourth-order valence-corrected chi connectivity index (χ4v) is 3.63. The van der Waals surface area contributed by atoms with E-state index in [0.29, 0.717) is 5.75 Å². The molecule has 1 fully saturated rings. The Morgan fingerprint density at radius 3 is 2.88 bits per heavy atom. The first kappa shape index (κ1) is 11.4. The molecule has 5 heteroatoms. The molecule has 1 heterocycles. The van der Waals surface area contributed by atoms with Crippen LogP contribution in [0, 0.1) is 5.92 Å². The molecular formula is C11H13NO3S. The smallest absolute Gasteiger partial charge is 0.332 e. The summed E-state index contributed by atoms with van der Waals surface area (Å²) in [5.74, 6) is -1.02. The van der Waals surface area contributed by atoms with Crippen molar-refractivity contribution in [1.82, 2.24) is 0 Å². The summed E-state index contributed by atoms with van der Waals surface area (Å²) in [5, 5.41) is 9.12. The standard InChI is InChI=1S/C11H13NO3S/c1-2-3-5-4-16-10-7(6(5)11(14)15)9(13)8(10)12/h2-3,7-8,10H,4,12H2,1H3,(H,14,15)/b3-2-. The molecule has 1 aliphatic heterocycles. The van der Waals surface area contributed by atoms with Crippen LogP contribution in [0.15, 0.2) is 23.3 Å². The van der Waals surface area contributed by atoms with E-state index in [1.54, 1.807) is 23.9 Å². The van der Waals surface area contributed by atoms with E-state index in [9.17, 15) is 9.59 Å². The molecule has 0 bridgehead atoms. The van der Waals surface area contributed by atoms with Gasteiger partial charge in [-0.05, 0) is 12.5 Å². The number of hydrogen-bond donors (Lipinski definition) is 2. The third kappa shape index (κ3) is 1.51. The number of fused-ring (bicyclic) bond motifs is 1. The zero-order valence-corrected chi connectivity index (χ0v) is 9.66. The largest absolute Gasteiger partial charge is 0.478 e. The molecule has 1 aliphatic carbocycles. The Balaban J connectivity index is 2.41. The van der Waals surface area contributed by atoms with Gasteiger partial charge in [0.15, 0.2) is 5.78 Å². The minimum absolute atomic E-state index is 0.0485. The fourth-order valence-electron chi connectivity index (χ4n) is 2.20. The normalized spacial score (nSPS) is 33.9. The number of carbonyl (C=O) groups is 2. The summed E-state index contributed by atoms with van der Waals surface area (Å²) in [4.78, 5) is 22.8. The lowest BCUT2D eigenvalue weighted by Crippen LogP contribution is -2.62. The van der Waals surface area contributed by atoms with Crippen molar-refractivity contribution >= 4 is 23.5 Å². The molecule has 2 aliphatic rings. The highest BCUT2D eigenvalue weighted by Gasteiger charge is 2.53. The van der Waals surface area contributed by atoms with Crippen LogP contribution in [0.5, 0.6) is 0 Å². The number of ketones is 1. The van der Waals surface area contributed by atoms with Crippen molar-refractivity contribution in [3.63, 3.8) is 0 Å². The molecule has 3 N–H and O–H groups in total. The van der Waals surface area contributed by atoms with E-state index in [1.165, 1.54) is 0 Å². The first-order chi connectivity index (χ1) is 7.57. The van der Waals surface area contributed by atoms with E-state index >= 15 is 0 Å². The van der Waals surface area contributed by atoms with E-state index in [2.05, 4.69) is 0 Å². The van der Waals surface area contributed by atoms with Crippen molar-refractivity contribution in [2.75, 3.05) is 5.75 Å². The average Bonchev–Trinajstić information content (AvgIpc) is 2.27. The van der Waals surface area contributed by atoms with Gasteiger partial charge in [0.1, 0.15) is 0 Å². The summed E-state index contributed by atoms with van der Waals surface area (Å²) in [7, 11) is 0. The molecule has 3 atom stereocenters. The maximum absolute atomic E-state index is 11.6. The van der Waals surface area contributed by atoms with Crippen molar-refractivity contribution in [1.29, 1.82) is 0 Å². The average molecular weight is 239 g/mol. The van der Waals surface area contributed by atoms with Crippen molar-refractivity contribution in [2.24, 2.45) is 11.7 Å². The number of carboxylic acid groups (broad SMARTS) is 1. The third-order valence-electron chi connectivity index (χ3n) is 3.00. The Morgan fingerprint density at radius 1 is 1.62 bits per heavy atom. The van der Waals surface area contributed by atoms with E-state index < -0.39 is 17.9 Å². The van der Waals surface area contributed by atoms with Crippen LogP contribution in [0.25, 0.3) is 0 Å². The zero-order valence-electron chi connectivity index (χ0n) is 8.84. The molecular weight excluding hydrogens is 226 g/mol. The Labute approximate surface area is 97.6 Å². The Morgan fingerprint density at radius 2 is 2.31 bits per heavy atom. The Kier molecular flexibility index (Phi) is 2.90. The summed E-state index contributed by atoms with van der Waals surface area (Å²) >= 11 is 1.58. The lowest BCUT2D eigenvalue weighted by molar-refractivity contribution is -0.138. The number of allylic oxidation sites excluding steroid dienone is 2. The van der Waals surface area contributed by atoms with Gasteiger partial charge >= 0.3 is 5.97 Å². The van der Waals surface area contributed by atoms with Crippen LogP contribution in [0.4, 0.5) is 0 Å². The molecule has 1 saturated carbocycles. The third-order valence-corrected chi connectivity index (χ3v) is 4.43. The number of nitrogens with two attached hydrogens (primary N) is 1. The minimum atomic E-state index is -0.997. The molecule has 0 aromatic carbocycles. The lowest BCUT2D eigenvalue weighted by atomic mass is 9.72. The second kappa shape index (κ2) is 4.07. The van der Waals surface area contributed by atoms with Gasteiger partial charge in [0, 0.05) is 11.0 Å². The van der Waals surface area contributed by atoms with E-state index in [0.717, 1.165) is 5.57 Å². The first-order valence-electron chi connectivity index (χ1n) is 5.08. The fraction of sp³-hybridized carbons (Fsp3) is 0.455. The zero-order chi connectivity index (χ0) is 11.9. The minimum Gasteiger partial charge on any atom is -0.478 e. The number of carbonyl (C=O) groups excluding carboxylic acids is 1. The topological polar surface area (TPSA) is 80.4 Å². The number of carboxylic acids is 1. The molecule has 0 aromatic heterocycles. The van der Waals surface area contributed by atoms with Crippen LogP contribution in [0.2, 0.25) is 0 Å². The van der Waals surface area contributed by atoms with Gasteiger partial charge in [-0.1, -0.05) is 12.2 Å². The highest BCUT2D eigenvalue weighted by atomic mass is 32.2. The van der Waals surface area contributed by atoms with E-state index in [1.807, 2.05) is 6.92 Å². The summed E-state index contributed by atoms with van der Waals surface area (Å²) in [6.07, 6.45) is 3.56. The summed E-state index contributed by atoms with van der Waals surface area (Å²) in [6.45, 7) is 1.83. The second-order valence-electron chi connectivity index (χ2n) is 3.93. The SMILES string of the molecule is C/C=C\C1=C(C(=O)O)C2C(=O)C(N)C2SC1. The summed E-state index contributed by atoms with van der Waals surface area (Å²) < 4.78 is 0.